The molecule has 1 heterocycles. The SMILES string of the molecule is COCCOCCOCC[N+]1=C(C)C(C)(C)c2c1ccc1ccccc21. The van der Waals surface area contributed by atoms with Gasteiger partial charge in [-0.3, -0.25) is 0 Å². The zero-order valence-electron chi connectivity index (χ0n) is 16.4. The molecule has 1 aliphatic rings. The lowest BCUT2D eigenvalue weighted by atomic mass is 9.80. The molecule has 0 spiro atoms. The van der Waals surface area contributed by atoms with Crippen LogP contribution in [0.15, 0.2) is 36.4 Å². The number of hydrogen-bond donors (Lipinski definition) is 0. The van der Waals surface area contributed by atoms with Crippen molar-refractivity contribution in [1.29, 1.82) is 0 Å². The van der Waals surface area contributed by atoms with E-state index in [1.807, 2.05) is 0 Å². The van der Waals surface area contributed by atoms with E-state index in [4.69, 9.17) is 14.2 Å². The van der Waals surface area contributed by atoms with Crippen LogP contribution in [0.1, 0.15) is 26.3 Å². The molecule has 4 nitrogen and oxygen atoms in total. The molecule has 0 N–H and O–H groups in total. The first-order valence-electron chi connectivity index (χ1n) is 9.35. The van der Waals surface area contributed by atoms with Crippen molar-refractivity contribution in [2.75, 3.05) is 46.7 Å². The predicted octanol–water partition coefficient (Wildman–Crippen LogP) is 3.92. The molecule has 0 aromatic heterocycles. The number of fused-ring (bicyclic) bond motifs is 3. The number of rotatable bonds is 9. The third kappa shape index (κ3) is 3.68. The topological polar surface area (TPSA) is 30.7 Å². The van der Waals surface area contributed by atoms with Crippen LogP contribution in [0, 0.1) is 0 Å². The molecule has 2 aromatic rings. The van der Waals surface area contributed by atoms with Gasteiger partial charge in [0.05, 0.1) is 31.8 Å². The van der Waals surface area contributed by atoms with Crippen molar-refractivity contribution in [3.8, 4) is 0 Å². The molecule has 26 heavy (non-hydrogen) atoms. The highest BCUT2D eigenvalue weighted by atomic mass is 16.5. The summed E-state index contributed by atoms with van der Waals surface area (Å²) >= 11 is 0. The average molecular weight is 356 g/mol. The first-order valence-corrected chi connectivity index (χ1v) is 9.35. The number of benzene rings is 2. The van der Waals surface area contributed by atoms with Gasteiger partial charge in [-0.1, -0.05) is 24.3 Å². The second-order valence-electron chi connectivity index (χ2n) is 7.26. The van der Waals surface area contributed by atoms with Crippen molar-refractivity contribution in [3.63, 3.8) is 0 Å². The van der Waals surface area contributed by atoms with Gasteiger partial charge in [-0.05, 0) is 30.7 Å². The van der Waals surface area contributed by atoms with Gasteiger partial charge in [0.15, 0.2) is 12.3 Å². The van der Waals surface area contributed by atoms with Crippen molar-refractivity contribution in [1.82, 2.24) is 0 Å². The maximum absolute atomic E-state index is 5.77. The summed E-state index contributed by atoms with van der Waals surface area (Å²) in [5.74, 6) is 0. The lowest BCUT2D eigenvalue weighted by molar-refractivity contribution is -0.443. The maximum atomic E-state index is 5.77. The van der Waals surface area contributed by atoms with Gasteiger partial charge < -0.3 is 14.2 Å². The van der Waals surface area contributed by atoms with Crippen molar-refractivity contribution in [2.45, 2.75) is 26.2 Å². The molecule has 0 saturated carbocycles. The highest BCUT2D eigenvalue weighted by molar-refractivity contribution is 6.01. The summed E-state index contributed by atoms with van der Waals surface area (Å²) in [7, 11) is 1.68. The highest BCUT2D eigenvalue weighted by Crippen LogP contribution is 2.43. The van der Waals surface area contributed by atoms with Crippen LogP contribution in [-0.4, -0.2) is 57.0 Å². The Morgan fingerprint density at radius 3 is 2.35 bits per heavy atom. The lowest BCUT2D eigenvalue weighted by Crippen LogP contribution is -2.27. The van der Waals surface area contributed by atoms with Crippen molar-refractivity contribution in [3.05, 3.63) is 42.0 Å². The summed E-state index contributed by atoms with van der Waals surface area (Å²) in [6, 6.07) is 13.1. The number of ether oxygens (including phenoxy) is 3. The molecule has 2 aromatic carbocycles. The van der Waals surface area contributed by atoms with Crippen molar-refractivity contribution >= 4 is 22.2 Å². The van der Waals surface area contributed by atoms with E-state index in [0.29, 0.717) is 33.0 Å². The molecule has 0 atom stereocenters. The Labute approximate surface area is 156 Å². The van der Waals surface area contributed by atoms with Crippen LogP contribution >= 0.6 is 0 Å². The van der Waals surface area contributed by atoms with Gasteiger partial charge in [0, 0.05) is 25.7 Å². The Balaban J connectivity index is 1.68. The number of methoxy groups -OCH3 is 1. The fourth-order valence-corrected chi connectivity index (χ4v) is 3.75. The first-order chi connectivity index (χ1) is 12.6. The van der Waals surface area contributed by atoms with Crippen molar-refractivity contribution in [2.24, 2.45) is 0 Å². The second-order valence-corrected chi connectivity index (χ2v) is 7.26. The molecule has 0 fully saturated rings. The van der Waals surface area contributed by atoms with Gasteiger partial charge >= 0.3 is 0 Å². The Hall–Kier alpha value is -1.75. The molecular formula is C22H30NO3+. The van der Waals surface area contributed by atoms with Crippen LogP contribution < -0.4 is 0 Å². The molecule has 0 bridgehead atoms. The third-order valence-corrected chi connectivity index (χ3v) is 5.40. The summed E-state index contributed by atoms with van der Waals surface area (Å²) in [6.07, 6.45) is 0. The summed E-state index contributed by atoms with van der Waals surface area (Å²) < 4.78 is 18.6. The molecule has 4 heteroatoms. The van der Waals surface area contributed by atoms with E-state index in [2.05, 4.69) is 61.7 Å². The Morgan fingerprint density at radius 1 is 0.885 bits per heavy atom. The normalized spacial score (nSPS) is 15.7. The van der Waals surface area contributed by atoms with E-state index < -0.39 is 0 Å². The molecule has 0 aliphatic carbocycles. The quantitative estimate of drug-likeness (QED) is 0.504. The minimum atomic E-state index is 0.0272. The minimum Gasteiger partial charge on any atom is -0.382 e. The van der Waals surface area contributed by atoms with Crippen LogP contribution in [0.2, 0.25) is 0 Å². The molecule has 0 amide bonds. The maximum Gasteiger partial charge on any atom is 0.210 e. The summed E-state index contributed by atoms with van der Waals surface area (Å²) in [6.45, 7) is 10.9. The summed E-state index contributed by atoms with van der Waals surface area (Å²) in [5, 5.41) is 2.66. The lowest BCUT2D eigenvalue weighted by Gasteiger charge is -2.17. The fraction of sp³-hybridized carbons (Fsp3) is 0.500. The van der Waals surface area contributed by atoms with Crippen LogP contribution in [0.5, 0.6) is 0 Å². The molecule has 140 valence electrons. The molecule has 1 aliphatic heterocycles. The van der Waals surface area contributed by atoms with E-state index in [9.17, 15) is 0 Å². The third-order valence-electron chi connectivity index (χ3n) is 5.40. The fourth-order valence-electron chi connectivity index (χ4n) is 3.75. The standard InChI is InChI=1S/C22H30NO3/c1-17-22(2,3)21-19-8-6-5-7-18(19)9-10-20(21)23(17)11-12-25-15-16-26-14-13-24-4/h5-10H,11-16H2,1-4H3/q+1. The van der Waals surface area contributed by atoms with Crippen molar-refractivity contribution < 1.29 is 18.8 Å². The monoisotopic (exact) mass is 356 g/mol. The van der Waals surface area contributed by atoms with Gasteiger partial charge in [-0.15, -0.1) is 0 Å². The largest absolute Gasteiger partial charge is 0.382 e. The molecular weight excluding hydrogens is 326 g/mol. The van der Waals surface area contributed by atoms with E-state index >= 15 is 0 Å². The van der Waals surface area contributed by atoms with Gasteiger partial charge in [-0.2, -0.15) is 4.58 Å². The van der Waals surface area contributed by atoms with Gasteiger partial charge in [0.2, 0.25) is 5.69 Å². The van der Waals surface area contributed by atoms with E-state index in [0.717, 1.165) is 6.54 Å². The molecule has 0 saturated heterocycles. The highest BCUT2D eigenvalue weighted by Gasteiger charge is 2.43. The molecule has 3 rings (SSSR count). The number of hydrogen-bond acceptors (Lipinski definition) is 3. The Kier molecular flexibility index (Phi) is 6.07. The Morgan fingerprint density at radius 2 is 1.58 bits per heavy atom. The van der Waals surface area contributed by atoms with Crippen LogP contribution in [0.25, 0.3) is 10.8 Å². The van der Waals surface area contributed by atoms with E-state index in [-0.39, 0.29) is 5.41 Å². The van der Waals surface area contributed by atoms with Gasteiger partial charge in [0.25, 0.3) is 0 Å². The smallest absolute Gasteiger partial charge is 0.210 e. The van der Waals surface area contributed by atoms with Crippen LogP contribution in [0.4, 0.5) is 5.69 Å². The zero-order valence-corrected chi connectivity index (χ0v) is 16.4. The van der Waals surface area contributed by atoms with E-state index in [1.165, 1.54) is 27.7 Å². The molecule has 0 radical (unpaired) electrons. The predicted molar refractivity (Wildman–Crippen MR) is 106 cm³/mol. The van der Waals surface area contributed by atoms with Gasteiger partial charge in [0.1, 0.15) is 6.61 Å². The van der Waals surface area contributed by atoms with E-state index in [1.54, 1.807) is 7.11 Å². The van der Waals surface area contributed by atoms with Crippen LogP contribution in [0.3, 0.4) is 0 Å². The molecule has 0 unspecified atom stereocenters. The minimum absolute atomic E-state index is 0.0272. The first kappa shape index (κ1) is 19.0. The van der Waals surface area contributed by atoms with Crippen LogP contribution in [-0.2, 0) is 19.6 Å². The average Bonchev–Trinajstić information content (AvgIpc) is 2.84. The number of nitrogens with zero attached hydrogens (tertiary/aromatic N) is 1. The summed E-state index contributed by atoms with van der Waals surface area (Å²) in [5.41, 5.74) is 4.14. The summed E-state index contributed by atoms with van der Waals surface area (Å²) in [4.78, 5) is 0. The zero-order chi connectivity index (χ0) is 18.6. The second kappa shape index (κ2) is 8.30. The van der Waals surface area contributed by atoms with Gasteiger partial charge in [-0.25, -0.2) is 0 Å². The Bertz CT molecular complexity index is 795.